The van der Waals surface area contributed by atoms with Gasteiger partial charge < -0.3 is 5.32 Å². The second kappa shape index (κ2) is 7.49. The van der Waals surface area contributed by atoms with E-state index >= 15 is 0 Å². The number of aromatic nitrogens is 7. The Balaban J connectivity index is 1.53. The van der Waals surface area contributed by atoms with Gasteiger partial charge in [0.1, 0.15) is 5.69 Å². The average molecular weight is 415 g/mol. The molecular formula is C21H15ClN8. The van der Waals surface area contributed by atoms with Gasteiger partial charge in [-0.15, -0.1) is 15.3 Å². The number of rotatable bonds is 4. The molecule has 0 aliphatic heterocycles. The van der Waals surface area contributed by atoms with E-state index < -0.39 is 0 Å². The number of halogens is 1. The van der Waals surface area contributed by atoms with Gasteiger partial charge in [0.25, 0.3) is 5.78 Å². The van der Waals surface area contributed by atoms with Crippen LogP contribution in [0.2, 0.25) is 5.02 Å². The highest BCUT2D eigenvalue weighted by molar-refractivity contribution is 6.33. The molecule has 5 rings (SSSR count). The summed E-state index contributed by atoms with van der Waals surface area (Å²) in [5, 5.41) is 16.9. The topological polar surface area (TPSA) is 93.8 Å². The van der Waals surface area contributed by atoms with Crippen LogP contribution in [-0.4, -0.2) is 34.8 Å². The van der Waals surface area contributed by atoms with E-state index in [1.54, 1.807) is 22.8 Å². The van der Waals surface area contributed by atoms with Crippen molar-refractivity contribution in [2.24, 2.45) is 0 Å². The number of nitrogens with zero attached hydrogens (tertiary/aromatic N) is 7. The minimum Gasteiger partial charge on any atom is -0.323 e. The van der Waals surface area contributed by atoms with Crippen LogP contribution in [0.25, 0.3) is 28.6 Å². The molecule has 0 fully saturated rings. The Kier molecular flexibility index (Phi) is 4.53. The zero-order valence-electron chi connectivity index (χ0n) is 15.9. The summed E-state index contributed by atoms with van der Waals surface area (Å²) in [6.45, 7) is 1.91. The second-order valence-corrected chi connectivity index (χ2v) is 6.92. The van der Waals surface area contributed by atoms with Crippen LogP contribution in [0.3, 0.4) is 0 Å². The highest BCUT2D eigenvalue weighted by atomic mass is 35.5. The Bertz CT molecular complexity index is 1350. The van der Waals surface area contributed by atoms with Gasteiger partial charge in [-0.2, -0.15) is 9.50 Å². The quantitative estimate of drug-likeness (QED) is 0.467. The summed E-state index contributed by atoms with van der Waals surface area (Å²) >= 11 is 6.22. The molecule has 8 nitrogen and oxygen atoms in total. The highest BCUT2D eigenvalue weighted by Crippen LogP contribution is 2.25. The first kappa shape index (κ1) is 18.1. The van der Waals surface area contributed by atoms with Crippen molar-refractivity contribution < 1.29 is 0 Å². The van der Waals surface area contributed by atoms with Crippen LogP contribution in [0, 0.1) is 6.92 Å². The van der Waals surface area contributed by atoms with Gasteiger partial charge in [0.15, 0.2) is 5.82 Å². The molecule has 3 heterocycles. The molecule has 0 aliphatic rings. The first-order valence-electron chi connectivity index (χ1n) is 9.19. The number of para-hydroxylation sites is 1. The summed E-state index contributed by atoms with van der Waals surface area (Å²) in [4.78, 5) is 13.3. The second-order valence-electron chi connectivity index (χ2n) is 6.52. The molecule has 146 valence electrons. The van der Waals surface area contributed by atoms with E-state index in [4.69, 9.17) is 11.6 Å². The molecule has 3 aromatic heterocycles. The summed E-state index contributed by atoms with van der Waals surface area (Å²) in [5.41, 5.74) is 3.62. The van der Waals surface area contributed by atoms with Crippen molar-refractivity contribution in [3.8, 4) is 22.8 Å². The summed E-state index contributed by atoms with van der Waals surface area (Å²) in [7, 11) is 0. The zero-order chi connectivity index (χ0) is 20.5. The van der Waals surface area contributed by atoms with E-state index in [0.717, 1.165) is 16.9 Å². The molecule has 0 bridgehead atoms. The Morgan fingerprint density at radius 2 is 1.70 bits per heavy atom. The zero-order valence-corrected chi connectivity index (χ0v) is 16.6. The first-order chi connectivity index (χ1) is 14.7. The monoisotopic (exact) mass is 414 g/mol. The van der Waals surface area contributed by atoms with Crippen LogP contribution in [0.4, 0.5) is 11.6 Å². The molecule has 0 saturated carbocycles. The highest BCUT2D eigenvalue weighted by Gasteiger charge is 2.15. The molecule has 0 aliphatic carbocycles. The molecule has 0 spiro atoms. The lowest BCUT2D eigenvalue weighted by atomic mass is 10.2. The maximum Gasteiger partial charge on any atom is 0.272 e. The van der Waals surface area contributed by atoms with Gasteiger partial charge in [0.05, 0.1) is 22.1 Å². The minimum atomic E-state index is 0.408. The van der Waals surface area contributed by atoms with Crippen molar-refractivity contribution in [1.29, 1.82) is 0 Å². The van der Waals surface area contributed by atoms with Crippen LogP contribution in [0.15, 0.2) is 66.9 Å². The van der Waals surface area contributed by atoms with Crippen LogP contribution < -0.4 is 5.32 Å². The number of hydrogen-bond donors (Lipinski definition) is 1. The number of anilines is 2. The van der Waals surface area contributed by atoms with Gasteiger partial charge in [-0.1, -0.05) is 54.1 Å². The lowest BCUT2D eigenvalue weighted by Gasteiger charge is -2.08. The SMILES string of the molecule is Cc1c(-c2ccnc(Nc3ccccc3Cl)n2)nnc2nc(-c3ccccc3)nn12. The van der Waals surface area contributed by atoms with Crippen LogP contribution in [0.5, 0.6) is 0 Å². The van der Waals surface area contributed by atoms with Gasteiger partial charge in [-0.05, 0) is 25.1 Å². The van der Waals surface area contributed by atoms with Crippen molar-refractivity contribution in [3.05, 3.63) is 77.6 Å². The summed E-state index contributed by atoms with van der Waals surface area (Å²) in [5.74, 6) is 1.43. The van der Waals surface area contributed by atoms with E-state index in [1.165, 1.54) is 0 Å². The predicted octanol–water partition coefficient (Wildman–Crippen LogP) is 4.35. The van der Waals surface area contributed by atoms with Crippen molar-refractivity contribution >= 4 is 29.0 Å². The third-order valence-electron chi connectivity index (χ3n) is 4.54. The van der Waals surface area contributed by atoms with Gasteiger partial charge in [-0.25, -0.2) is 9.97 Å². The summed E-state index contributed by atoms with van der Waals surface area (Å²) < 4.78 is 1.67. The van der Waals surface area contributed by atoms with Gasteiger partial charge in [-0.3, -0.25) is 0 Å². The van der Waals surface area contributed by atoms with E-state index in [0.29, 0.717) is 34.0 Å². The largest absolute Gasteiger partial charge is 0.323 e. The van der Waals surface area contributed by atoms with Crippen molar-refractivity contribution in [2.45, 2.75) is 6.92 Å². The van der Waals surface area contributed by atoms with Crippen molar-refractivity contribution in [2.75, 3.05) is 5.32 Å². The number of aryl methyl sites for hydroxylation is 1. The number of benzene rings is 2. The first-order valence-corrected chi connectivity index (χ1v) is 9.57. The maximum atomic E-state index is 6.22. The summed E-state index contributed by atoms with van der Waals surface area (Å²) in [6.07, 6.45) is 1.66. The molecule has 9 heteroatoms. The lowest BCUT2D eigenvalue weighted by molar-refractivity contribution is 0.852. The van der Waals surface area contributed by atoms with Crippen molar-refractivity contribution in [1.82, 2.24) is 34.8 Å². The Hall–Kier alpha value is -3.91. The van der Waals surface area contributed by atoms with E-state index in [2.05, 4.69) is 35.6 Å². The Labute approximate surface area is 176 Å². The number of hydrogen-bond acceptors (Lipinski definition) is 7. The molecule has 0 amide bonds. The summed E-state index contributed by atoms with van der Waals surface area (Å²) in [6, 6.07) is 18.9. The number of fused-ring (bicyclic) bond motifs is 1. The fourth-order valence-electron chi connectivity index (χ4n) is 3.04. The molecule has 0 unspecified atom stereocenters. The van der Waals surface area contributed by atoms with Gasteiger partial charge in [0, 0.05) is 11.8 Å². The third kappa shape index (κ3) is 3.33. The molecule has 2 aromatic carbocycles. The fraction of sp³-hybridized carbons (Fsp3) is 0.0476. The number of nitrogens with one attached hydrogen (secondary N) is 1. The molecule has 30 heavy (non-hydrogen) atoms. The average Bonchev–Trinajstić information content (AvgIpc) is 3.22. The third-order valence-corrected chi connectivity index (χ3v) is 4.87. The van der Waals surface area contributed by atoms with Crippen LogP contribution >= 0.6 is 11.6 Å². The normalized spacial score (nSPS) is 11.0. The van der Waals surface area contributed by atoms with Gasteiger partial charge >= 0.3 is 0 Å². The smallest absolute Gasteiger partial charge is 0.272 e. The molecule has 0 saturated heterocycles. The molecule has 0 radical (unpaired) electrons. The van der Waals surface area contributed by atoms with E-state index in [-0.39, 0.29) is 0 Å². The molecular weight excluding hydrogens is 400 g/mol. The molecule has 5 aromatic rings. The van der Waals surface area contributed by atoms with Crippen molar-refractivity contribution in [3.63, 3.8) is 0 Å². The van der Waals surface area contributed by atoms with Crippen LogP contribution in [-0.2, 0) is 0 Å². The lowest BCUT2D eigenvalue weighted by Crippen LogP contribution is -2.05. The molecule has 1 N–H and O–H groups in total. The maximum absolute atomic E-state index is 6.22. The predicted molar refractivity (Wildman–Crippen MR) is 115 cm³/mol. The van der Waals surface area contributed by atoms with Gasteiger partial charge in [0.2, 0.25) is 5.95 Å². The molecule has 0 atom stereocenters. The standard InChI is InChI=1S/C21H15ClN8/c1-13-18(17-11-12-23-20(25-17)24-16-10-6-5-9-15(16)22)27-28-21-26-19(29-30(13)21)14-7-3-2-4-8-14/h2-12H,1H3,(H,23,24,25). The Morgan fingerprint density at radius 3 is 2.53 bits per heavy atom. The fourth-order valence-corrected chi connectivity index (χ4v) is 3.22. The minimum absolute atomic E-state index is 0.408. The van der Waals surface area contributed by atoms with E-state index in [1.807, 2.05) is 55.5 Å². The van der Waals surface area contributed by atoms with E-state index in [9.17, 15) is 0 Å². The van der Waals surface area contributed by atoms with Crippen LogP contribution in [0.1, 0.15) is 5.69 Å². The Morgan fingerprint density at radius 1 is 0.900 bits per heavy atom.